The molecule has 0 radical (unpaired) electrons. The first kappa shape index (κ1) is 44.2. The van der Waals surface area contributed by atoms with Crippen LogP contribution in [0.5, 0.6) is 11.5 Å². The molecule has 4 aromatic carbocycles. The summed E-state index contributed by atoms with van der Waals surface area (Å²) in [5.41, 5.74) is 11.0. The smallest absolute Gasteiger partial charge is 0.348 e. The molecule has 0 spiro atoms. The van der Waals surface area contributed by atoms with Crippen LogP contribution in [0.15, 0.2) is 53.0 Å². The number of aryl methyl sites for hydroxylation is 1. The Hall–Kier alpha value is -4.94. The molecule has 19 heteroatoms. The Morgan fingerprint density at radius 2 is 1.03 bits per heavy atom. The second kappa shape index (κ2) is 18.8. The number of carbonyl (C=O) groups excluding carboxylic acids is 4. The van der Waals surface area contributed by atoms with Crippen LogP contribution in [0.4, 0.5) is 17.6 Å². The summed E-state index contributed by atoms with van der Waals surface area (Å²) in [7, 11) is 0. The van der Waals surface area contributed by atoms with Crippen molar-refractivity contribution in [3.8, 4) is 11.5 Å². The molecule has 0 bridgehead atoms. The molecule has 0 aliphatic carbocycles. The molecule has 6 aromatic rings. The van der Waals surface area contributed by atoms with Gasteiger partial charge in [0.05, 0.1) is 17.9 Å². The van der Waals surface area contributed by atoms with Crippen molar-refractivity contribution in [2.24, 2.45) is 11.5 Å². The number of halogens is 7. The molecule has 0 atom stereocenters. The Morgan fingerprint density at radius 3 is 1.43 bits per heavy atom. The van der Waals surface area contributed by atoms with Crippen LogP contribution in [0.1, 0.15) is 70.6 Å². The maximum atomic E-state index is 14.2. The summed E-state index contributed by atoms with van der Waals surface area (Å²) in [4.78, 5) is 47.5. The molecule has 58 heavy (non-hydrogen) atoms. The number of carbonyl (C=O) groups is 4. The number of amides is 2. The zero-order chi connectivity index (χ0) is 42.6. The molecule has 0 saturated heterocycles. The molecule has 0 fully saturated rings. The van der Waals surface area contributed by atoms with Crippen LogP contribution in [0.25, 0.3) is 20.2 Å². The highest BCUT2D eigenvalue weighted by molar-refractivity contribution is 9.10. The maximum absolute atomic E-state index is 14.2. The van der Waals surface area contributed by atoms with Crippen molar-refractivity contribution in [2.45, 2.75) is 34.0 Å². The summed E-state index contributed by atoms with van der Waals surface area (Å²) in [5.74, 6) is -8.86. The highest BCUT2D eigenvalue weighted by Gasteiger charge is 2.26. The number of benzene rings is 4. The Labute approximate surface area is 353 Å². The van der Waals surface area contributed by atoms with E-state index in [1.54, 1.807) is 32.0 Å². The molecule has 4 N–H and O–H groups in total. The van der Waals surface area contributed by atoms with Crippen molar-refractivity contribution in [1.29, 1.82) is 0 Å². The fourth-order valence-corrected chi connectivity index (χ4v) is 9.07. The number of rotatable bonds is 12. The van der Waals surface area contributed by atoms with Crippen LogP contribution < -0.4 is 20.9 Å². The van der Waals surface area contributed by atoms with E-state index < -0.39 is 58.5 Å². The molecular weight excluding hydrogens is 915 g/mol. The van der Waals surface area contributed by atoms with Gasteiger partial charge in [-0.05, 0) is 84.7 Å². The van der Waals surface area contributed by atoms with Gasteiger partial charge in [0.15, 0.2) is 34.8 Å². The number of ether oxygens (including phenoxy) is 4. The van der Waals surface area contributed by atoms with Crippen molar-refractivity contribution in [2.75, 3.05) is 13.2 Å². The van der Waals surface area contributed by atoms with Gasteiger partial charge in [0.25, 0.3) is 0 Å². The topological polar surface area (TPSA) is 157 Å². The SMILES string of the molecule is CCOC(=O)c1sc2c(Br)ccc(Cl)c2c1COc1c(F)cc(C(N)=O)cc1F.CCOC(=O)c1sc2c(C)ccc(Cl)c2c1COc1c(F)cc(C(N)=O)cc1F. The highest BCUT2D eigenvalue weighted by Crippen LogP contribution is 2.42. The van der Waals surface area contributed by atoms with Crippen molar-refractivity contribution in [3.05, 3.63) is 124 Å². The van der Waals surface area contributed by atoms with Gasteiger partial charge >= 0.3 is 11.9 Å². The molecule has 6 rings (SSSR count). The zero-order valence-corrected chi connectivity index (χ0v) is 35.1. The summed E-state index contributed by atoms with van der Waals surface area (Å²) < 4.78 is 80.0. The molecule has 0 aliphatic rings. The lowest BCUT2D eigenvalue weighted by molar-refractivity contribution is 0.0520. The van der Waals surface area contributed by atoms with Gasteiger partial charge in [-0.3, -0.25) is 9.59 Å². The fourth-order valence-electron chi connectivity index (χ4n) is 5.51. The first-order chi connectivity index (χ1) is 27.5. The lowest BCUT2D eigenvalue weighted by atomic mass is 10.1. The molecule has 2 aromatic heterocycles. The molecule has 0 aliphatic heterocycles. The van der Waals surface area contributed by atoms with Gasteiger partial charge in [-0.15, -0.1) is 22.7 Å². The zero-order valence-electron chi connectivity index (χ0n) is 30.3. The minimum absolute atomic E-state index is 0.153. The monoisotopic (exact) mass is 942 g/mol. The summed E-state index contributed by atoms with van der Waals surface area (Å²) in [6.45, 7) is 4.82. The van der Waals surface area contributed by atoms with E-state index in [9.17, 15) is 36.7 Å². The van der Waals surface area contributed by atoms with E-state index in [2.05, 4.69) is 15.9 Å². The van der Waals surface area contributed by atoms with E-state index in [4.69, 9.17) is 53.6 Å². The van der Waals surface area contributed by atoms with Gasteiger partial charge in [-0.1, -0.05) is 29.3 Å². The molecule has 2 heterocycles. The van der Waals surface area contributed by atoms with Crippen LogP contribution in [-0.4, -0.2) is 37.0 Å². The number of primary amides is 2. The number of hydrogen-bond donors (Lipinski definition) is 2. The average molecular weight is 945 g/mol. The molecular formula is C39H29BrCl2F4N2O8S2. The van der Waals surface area contributed by atoms with Gasteiger partial charge in [-0.25, -0.2) is 27.2 Å². The largest absolute Gasteiger partial charge is 0.483 e. The first-order valence-corrected chi connectivity index (χ1v) is 19.9. The maximum Gasteiger partial charge on any atom is 0.348 e. The summed E-state index contributed by atoms with van der Waals surface area (Å²) in [5, 5.41) is 1.80. The quantitative estimate of drug-likeness (QED) is 0.0907. The predicted octanol–water partition coefficient (Wildman–Crippen LogP) is 10.4. The molecule has 0 saturated carbocycles. The number of fused-ring (bicyclic) bond motifs is 2. The Bertz CT molecular complexity index is 2400. The number of thiophene rings is 2. The van der Waals surface area contributed by atoms with Crippen LogP contribution >= 0.6 is 61.8 Å². The van der Waals surface area contributed by atoms with E-state index >= 15 is 0 Å². The molecule has 10 nitrogen and oxygen atoms in total. The Morgan fingerprint density at radius 1 is 0.655 bits per heavy atom. The summed E-state index contributed by atoms with van der Waals surface area (Å²) in [6, 6.07) is 9.97. The van der Waals surface area contributed by atoms with E-state index in [1.807, 2.05) is 13.0 Å². The third kappa shape index (κ3) is 9.34. The Kier molecular flexibility index (Phi) is 14.3. The second-order valence-corrected chi connectivity index (χ2v) is 15.6. The lowest BCUT2D eigenvalue weighted by Gasteiger charge is -2.11. The van der Waals surface area contributed by atoms with Gasteiger partial charge < -0.3 is 30.4 Å². The number of hydrogen-bond acceptors (Lipinski definition) is 10. The number of esters is 2. The van der Waals surface area contributed by atoms with Crippen LogP contribution in [-0.2, 0) is 22.7 Å². The molecule has 2 amide bonds. The summed E-state index contributed by atoms with van der Waals surface area (Å²) in [6.07, 6.45) is 0. The fraction of sp³-hybridized carbons (Fsp3) is 0.179. The van der Waals surface area contributed by atoms with E-state index in [-0.39, 0.29) is 47.3 Å². The summed E-state index contributed by atoms with van der Waals surface area (Å²) >= 11 is 18.3. The predicted molar refractivity (Wildman–Crippen MR) is 216 cm³/mol. The average Bonchev–Trinajstić information content (AvgIpc) is 3.75. The second-order valence-electron chi connectivity index (χ2n) is 11.9. The highest BCUT2D eigenvalue weighted by atomic mass is 79.9. The molecule has 304 valence electrons. The Balaban J connectivity index is 0.000000221. The minimum atomic E-state index is -1.09. The van der Waals surface area contributed by atoms with Crippen LogP contribution in [0.3, 0.4) is 0 Å². The van der Waals surface area contributed by atoms with Crippen molar-refractivity contribution in [3.63, 3.8) is 0 Å². The van der Waals surface area contributed by atoms with Gasteiger partial charge in [-0.2, -0.15) is 0 Å². The van der Waals surface area contributed by atoms with Crippen molar-refractivity contribution >= 4 is 106 Å². The van der Waals surface area contributed by atoms with Gasteiger partial charge in [0.1, 0.15) is 23.0 Å². The normalized spacial score (nSPS) is 10.9. The van der Waals surface area contributed by atoms with Crippen LogP contribution in [0.2, 0.25) is 10.0 Å². The third-order valence-electron chi connectivity index (χ3n) is 8.13. The van der Waals surface area contributed by atoms with Crippen molar-refractivity contribution < 1.29 is 55.7 Å². The first-order valence-electron chi connectivity index (χ1n) is 16.8. The lowest BCUT2D eigenvalue weighted by Crippen LogP contribution is -2.13. The van der Waals surface area contributed by atoms with E-state index in [0.29, 0.717) is 41.1 Å². The molecule has 0 unspecified atom stereocenters. The van der Waals surface area contributed by atoms with Gasteiger partial charge in [0, 0.05) is 52.2 Å². The third-order valence-corrected chi connectivity index (χ3v) is 12.3. The van der Waals surface area contributed by atoms with Crippen molar-refractivity contribution in [1.82, 2.24) is 0 Å². The van der Waals surface area contributed by atoms with E-state index in [1.165, 1.54) is 11.3 Å². The minimum Gasteiger partial charge on any atom is -0.483 e. The van der Waals surface area contributed by atoms with Gasteiger partial charge in [0.2, 0.25) is 11.8 Å². The van der Waals surface area contributed by atoms with Crippen LogP contribution in [0, 0.1) is 30.2 Å². The standard InChI is InChI=1S/C20H16ClF2NO4S.C19H13BrClF2NO4S/c1-3-27-20(26)18-11(15-12(21)5-4-9(2)17(15)29-18)8-28-16-13(22)6-10(19(24)25)7-14(16)23;1-2-27-19(26)16-9(14-11(21)4-3-10(20)17(14)29-16)7-28-15-12(22)5-8(18(24)25)6-13(15)23/h4-7H,3,8H2,1-2H3,(H2,24,25);3-6H,2,7H2,1H3,(H2,24,25). The number of nitrogens with two attached hydrogens (primary N) is 2. The van der Waals surface area contributed by atoms with E-state index in [0.717, 1.165) is 45.9 Å².